The van der Waals surface area contributed by atoms with Crippen LogP contribution in [0.1, 0.15) is 39.2 Å². The van der Waals surface area contributed by atoms with E-state index in [0.29, 0.717) is 12.8 Å². The van der Waals surface area contributed by atoms with Gasteiger partial charge in [-0.2, -0.15) is 0 Å². The van der Waals surface area contributed by atoms with E-state index in [2.05, 4.69) is 6.92 Å². The van der Waals surface area contributed by atoms with Gasteiger partial charge in [-0.05, 0) is 37.0 Å². The van der Waals surface area contributed by atoms with Gasteiger partial charge in [-0.3, -0.25) is 4.79 Å². The zero-order valence-electron chi connectivity index (χ0n) is 12.8. The third-order valence-electron chi connectivity index (χ3n) is 4.12. The number of rotatable bonds is 6. The van der Waals surface area contributed by atoms with Gasteiger partial charge >= 0.3 is 0 Å². The first-order chi connectivity index (χ1) is 9.42. The Bertz CT molecular complexity index is 478. The van der Waals surface area contributed by atoms with Crippen LogP contribution in [0.3, 0.4) is 0 Å². The SMILES string of the molecule is CCc1ccc(N(C)C(=O)C(CC)(CC)C(N)=S)cc1. The number of anilines is 1. The van der Waals surface area contributed by atoms with E-state index in [1.54, 1.807) is 11.9 Å². The number of carbonyl (C=O) groups excluding carboxylic acids is 1. The second kappa shape index (κ2) is 6.84. The fourth-order valence-corrected chi connectivity index (χ4v) is 2.78. The summed E-state index contributed by atoms with van der Waals surface area (Å²) in [5, 5.41) is 0. The number of nitrogens with zero attached hydrogens (tertiary/aromatic N) is 1. The topological polar surface area (TPSA) is 46.3 Å². The summed E-state index contributed by atoms with van der Waals surface area (Å²) >= 11 is 5.14. The fourth-order valence-electron chi connectivity index (χ4n) is 2.40. The maximum Gasteiger partial charge on any atom is 0.239 e. The van der Waals surface area contributed by atoms with Crippen molar-refractivity contribution in [1.82, 2.24) is 0 Å². The molecule has 110 valence electrons. The molecule has 1 amide bonds. The van der Waals surface area contributed by atoms with Crippen LogP contribution < -0.4 is 10.6 Å². The van der Waals surface area contributed by atoms with E-state index in [4.69, 9.17) is 18.0 Å². The molecule has 2 N–H and O–H groups in total. The van der Waals surface area contributed by atoms with E-state index in [9.17, 15) is 4.79 Å². The van der Waals surface area contributed by atoms with Crippen LogP contribution in [0.25, 0.3) is 0 Å². The predicted molar refractivity (Wildman–Crippen MR) is 89.0 cm³/mol. The molecule has 20 heavy (non-hydrogen) atoms. The molecule has 1 aromatic rings. The van der Waals surface area contributed by atoms with Crippen molar-refractivity contribution in [3.8, 4) is 0 Å². The van der Waals surface area contributed by atoms with Crippen LogP contribution in [0.15, 0.2) is 24.3 Å². The second-order valence-corrected chi connectivity index (χ2v) is 5.48. The molecular formula is C16H24N2OS. The molecule has 0 aromatic heterocycles. The van der Waals surface area contributed by atoms with Crippen molar-refractivity contribution in [2.24, 2.45) is 11.1 Å². The molecule has 0 fully saturated rings. The molecule has 1 rings (SSSR count). The van der Waals surface area contributed by atoms with E-state index < -0.39 is 5.41 Å². The van der Waals surface area contributed by atoms with Gasteiger partial charge in [-0.15, -0.1) is 0 Å². The molecule has 1 aromatic carbocycles. The zero-order valence-corrected chi connectivity index (χ0v) is 13.6. The standard InChI is InChI=1S/C16H24N2OS/c1-5-12-8-10-13(11-9-12)18(4)15(19)16(6-2,7-3)14(17)20/h8-11H,5-7H2,1-4H3,(H2,17,20). The Hall–Kier alpha value is -1.42. The van der Waals surface area contributed by atoms with Gasteiger partial charge in [0.25, 0.3) is 0 Å². The summed E-state index contributed by atoms with van der Waals surface area (Å²) in [5.74, 6) is -0.0285. The van der Waals surface area contributed by atoms with Crippen molar-refractivity contribution < 1.29 is 4.79 Å². The largest absolute Gasteiger partial charge is 0.392 e. The van der Waals surface area contributed by atoms with E-state index >= 15 is 0 Å². The fraction of sp³-hybridized carbons (Fsp3) is 0.500. The highest BCUT2D eigenvalue weighted by Crippen LogP contribution is 2.31. The number of aryl methyl sites for hydroxylation is 1. The van der Waals surface area contributed by atoms with Crippen molar-refractivity contribution in [3.63, 3.8) is 0 Å². The van der Waals surface area contributed by atoms with Gasteiger partial charge in [0.15, 0.2) is 0 Å². The lowest BCUT2D eigenvalue weighted by atomic mass is 9.80. The Morgan fingerprint density at radius 1 is 1.20 bits per heavy atom. The Balaban J connectivity index is 3.07. The molecular weight excluding hydrogens is 268 g/mol. The van der Waals surface area contributed by atoms with Crippen LogP contribution >= 0.6 is 12.2 Å². The van der Waals surface area contributed by atoms with Gasteiger partial charge in [-0.1, -0.05) is 45.1 Å². The summed E-state index contributed by atoms with van der Waals surface area (Å²) < 4.78 is 0. The van der Waals surface area contributed by atoms with Crippen LogP contribution in [-0.4, -0.2) is 17.9 Å². The lowest BCUT2D eigenvalue weighted by Gasteiger charge is -2.33. The number of hydrogen-bond donors (Lipinski definition) is 1. The van der Waals surface area contributed by atoms with Crippen molar-refractivity contribution in [3.05, 3.63) is 29.8 Å². The molecule has 0 aliphatic rings. The van der Waals surface area contributed by atoms with Crippen molar-refractivity contribution >= 4 is 28.8 Å². The normalized spacial score (nSPS) is 11.2. The third kappa shape index (κ3) is 3.01. The summed E-state index contributed by atoms with van der Waals surface area (Å²) in [6.07, 6.45) is 2.22. The highest BCUT2D eigenvalue weighted by atomic mass is 32.1. The Labute approximate surface area is 127 Å². The number of hydrogen-bond acceptors (Lipinski definition) is 2. The quantitative estimate of drug-likeness (QED) is 0.818. The van der Waals surface area contributed by atoms with Crippen LogP contribution in [0.4, 0.5) is 5.69 Å². The van der Waals surface area contributed by atoms with Crippen LogP contribution in [0.2, 0.25) is 0 Å². The Morgan fingerprint density at radius 2 is 1.70 bits per heavy atom. The predicted octanol–water partition coefficient (Wildman–Crippen LogP) is 3.30. The van der Waals surface area contributed by atoms with Gasteiger partial charge in [-0.25, -0.2) is 0 Å². The second-order valence-electron chi connectivity index (χ2n) is 5.04. The monoisotopic (exact) mass is 292 g/mol. The van der Waals surface area contributed by atoms with E-state index in [1.165, 1.54) is 5.56 Å². The van der Waals surface area contributed by atoms with Crippen LogP contribution in [0, 0.1) is 5.41 Å². The van der Waals surface area contributed by atoms with Crippen molar-refractivity contribution in [1.29, 1.82) is 0 Å². The summed E-state index contributed by atoms with van der Waals surface area (Å²) in [4.78, 5) is 14.7. The highest BCUT2D eigenvalue weighted by Gasteiger charge is 2.40. The Kier molecular flexibility index (Phi) is 5.69. The van der Waals surface area contributed by atoms with E-state index in [-0.39, 0.29) is 10.9 Å². The Morgan fingerprint density at radius 3 is 2.05 bits per heavy atom. The first kappa shape index (κ1) is 16.6. The van der Waals surface area contributed by atoms with Gasteiger partial charge < -0.3 is 10.6 Å². The first-order valence-electron chi connectivity index (χ1n) is 7.09. The molecule has 0 heterocycles. The molecule has 0 atom stereocenters. The number of benzene rings is 1. The smallest absolute Gasteiger partial charge is 0.239 e. The van der Waals surface area contributed by atoms with Gasteiger partial charge in [0, 0.05) is 12.7 Å². The number of nitrogens with two attached hydrogens (primary N) is 1. The molecule has 0 spiro atoms. The van der Waals surface area contributed by atoms with Crippen molar-refractivity contribution in [2.75, 3.05) is 11.9 Å². The molecule has 0 bridgehead atoms. The maximum atomic E-state index is 12.8. The number of carbonyl (C=O) groups is 1. The van der Waals surface area contributed by atoms with E-state index in [0.717, 1.165) is 12.1 Å². The molecule has 0 unspecified atom stereocenters. The first-order valence-corrected chi connectivity index (χ1v) is 7.50. The third-order valence-corrected chi connectivity index (χ3v) is 4.52. The van der Waals surface area contributed by atoms with Crippen LogP contribution in [0.5, 0.6) is 0 Å². The summed E-state index contributed by atoms with van der Waals surface area (Å²) in [7, 11) is 1.78. The molecule has 4 heteroatoms. The lowest BCUT2D eigenvalue weighted by Crippen LogP contribution is -2.49. The molecule has 0 aliphatic carbocycles. The zero-order chi connectivity index (χ0) is 15.3. The molecule has 0 radical (unpaired) electrons. The van der Waals surface area contributed by atoms with Gasteiger partial charge in [0.2, 0.25) is 5.91 Å². The summed E-state index contributed by atoms with van der Waals surface area (Å²) in [6, 6.07) is 8.01. The summed E-state index contributed by atoms with van der Waals surface area (Å²) in [6.45, 7) is 6.01. The van der Waals surface area contributed by atoms with Gasteiger partial charge in [0.1, 0.15) is 0 Å². The van der Waals surface area contributed by atoms with E-state index in [1.807, 2.05) is 38.1 Å². The molecule has 0 aliphatic heterocycles. The van der Waals surface area contributed by atoms with Crippen LogP contribution in [-0.2, 0) is 11.2 Å². The van der Waals surface area contributed by atoms with Gasteiger partial charge in [0.05, 0.1) is 10.4 Å². The minimum Gasteiger partial charge on any atom is -0.392 e. The minimum atomic E-state index is -0.743. The molecule has 3 nitrogen and oxygen atoms in total. The average molecular weight is 292 g/mol. The molecule has 0 saturated carbocycles. The minimum absolute atomic E-state index is 0.0285. The maximum absolute atomic E-state index is 12.8. The number of amides is 1. The highest BCUT2D eigenvalue weighted by molar-refractivity contribution is 7.80. The molecule has 0 saturated heterocycles. The number of thiocarbonyl (C=S) groups is 1. The lowest BCUT2D eigenvalue weighted by molar-refractivity contribution is -0.124. The average Bonchev–Trinajstić information content (AvgIpc) is 2.48. The van der Waals surface area contributed by atoms with Crippen molar-refractivity contribution in [2.45, 2.75) is 40.0 Å². The summed E-state index contributed by atoms with van der Waals surface area (Å²) in [5.41, 5.74) is 7.22.